The summed E-state index contributed by atoms with van der Waals surface area (Å²) in [6.07, 6.45) is -3.62. The maximum Gasteiger partial charge on any atom is 0.418 e. The first-order valence-corrected chi connectivity index (χ1v) is 9.36. The van der Waals surface area contributed by atoms with E-state index in [1.165, 1.54) is 30.6 Å². The zero-order valence-corrected chi connectivity index (χ0v) is 16.9. The fraction of sp³-hybridized carbons (Fsp3) is 0.450. The summed E-state index contributed by atoms with van der Waals surface area (Å²) < 4.78 is 50.3. The van der Waals surface area contributed by atoms with Gasteiger partial charge in [0.2, 0.25) is 0 Å². The number of anilines is 2. The molecule has 1 aromatic heterocycles. The summed E-state index contributed by atoms with van der Waals surface area (Å²) in [6, 6.07) is 4.47. The summed E-state index contributed by atoms with van der Waals surface area (Å²) in [5.41, 5.74) is 0.955. The van der Waals surface area contributed by atoms with Gasteiger partial charge in [0.25, 0.3) is 0 Å². The Labute approximate surface area is 172 Å². The Morgan fingerprint density at radius 2 is 1.90 bits per heavy atom. The van der Waals surface area contributed by atoms with Gasteiger partial charge in [-0.15, -0.1) is 0 Å². The summed E-state index contributed by atoms with van der Waals surface area (Å²) in [4.78, 5) is 19.1. The van der Waals surface area contributed by atoms with Crippen molar-refractivity contribution in [1.82, 2.24) is 9.97 Å². The van der Waals surface area contributed by atoms with Crippen LogP contribution in [0.5, 0.6) is 6.01 Å². The highest BCUT2D eigenvalue weighted by Crippen LogP contribution is 2.41. The maximum atomic E-state index is 13.5. The van der Waals surface area contributed by atoms with E-state index in [4.69, 9.17) is 14.6 Å². The number of carboxylic acid groups (broad SMARTS) is 1. The van der Waals surface area contributed by atoms with Crippen LogP contribution in [0.15, 0.2) is 30.6 Å². The number of rotatable bonds is 10. The first kappa shape index (κ1) is 23.4. The van der Waals surface area contributed by atoms with Crippen molar-refractivity contribution in [3.8, 4) is 6.01 Å². The molecule has 10 heteroatoms. The molecule has 0 saturated carbocycles. The highest BCUT2D eigenvalue weighted by Gasteiger charge is 2.42. The molecule has 164 valence electrons. The van der Waals surface area contributed by atoms with Gasteiger partial charge in [-0.3, -0.25) is 4.79 Å². The van der Waals surface area contributed by atoms with Gasteiger partial charge in [0, 0.05) is 18.4 Å². The van der Waals surface area contributed by atoms with Gasteiger partial charge in [-0.2, -0.15) is 13.2 Å². The SMILES string of the molecule is CCOc1ncc(Nc2cc([C@@H](CC)CC(=O)O)ccc2[C@H](OC)C(F)(F)F)cn1. The Hall–Kier alpha value is -2.88. The number of benzene rings is 1. The average molecular weight is 427 g/mol. The zero-order chi connectivity index (χ0) is 22.3. The molecule has 2 aromatic rings. The predicted octanol–water partition coefficient (Wildman–Crippen LogP) is 4.84. The second kappa shape index (κ2) is 10.2. The van der Waals surface area contributed by atoms with Crippen LogP contribution in [0.4, 0.5) is 24.5 Å². The minimum absolute atomic E-state index is 0.131. The Kier molecular flexibility index (Phi) is 7.99. The van der Waals surface area contributed by atoms with Crippen molar-refractivity contribution in [2.24, 2.45) is 0 Å². The Balaban J connectivity index is 2.47. The minimum Gasteiger partial charge on any atom is -0.481 e. The molecule has 0 aliphatic carbocycles. The molecule has 2 N–H and O–H groups in total. The molecule has 1 aromatic carbocycles. The maximum absolute atomic E-state index is 13.5. The van der Waals surface area contributed by atoms with Crippen molar-refractivity contribution in [3.63, 3.8) is 0 Å². The highest BCUT2D eigenvalue weighted by molar-refractivity contribution is 5.69. The second-order valence-electron chi connectivity index (χ2n) is 6.52. The quantitative estimate of drug-likeness (QED) is 0.560. The van der Waals surface area contributed by atoms with Crippen molar-refractivity contribution < 1.29 is 32.5 Å². The number of methoxy groups -OCH3 is 1. The number of aliphatic carboxylic acids is 1. The number of carbonyl (C=O) groups is 1. The molecule has 0 saturated heterocycles. The van der Waals surface area contributed by atoms with Crippen LogP contribution in [-0.4, -0.2) is 40.9 Å². The number of ether oxygens (including phenoxy) is 2. The van der Waals surface area contributed by atoms with E-state index in [-0.39, 0.29) is 29.6 Å². The van der Waals surface area contributed by atoms with Crippen molar-refractivity contribution in [2.75, 3.05) is 19.0 Å². The third-order valence-corrected chi connectivity index (χ3v) is 4.46. The average Bonchev–Trinajstić information content (AvgIpc) is 2.68. The lowest BCUT2D eigenvalue weighted by molar-refractivity contribution is -0.215. The minimum atomic E-state index is -4.63. The molecule has 1 heterocycles. The smallest absolute Gasteiger partial charge is 0.418 e. The van der Waals surface area contributed by atoms with Crippen LogP contribution >= 0.6 is 0 Å². The van der Waals surface area contributed by atoms with E-state index in [0.717, 1.165) is 7.11 Å². The van der Waals surface area contributed by atoms with Crippen LogP contribution in [0.1, 0.15) is 49.8 Å². The first-order chi connectivity index (χ1) is 14.2. The van der Waals surface area contributed by atoms with E-state index in [9.17, 15) is 18.0 Å². The van der Waals surface area contributed by atoms with Gasteiger partial charge >= 0.3 is 18.2 Å². The van der Waals surface area contributed by atoms with Crippen LogP contribution in [0, 0.1) is 0 Å². The number of carboxylic acids is 1. The van der Waals surface area contributed by atoms with E-state index >= 15 is 0 Å². The van der Waals surface area contributed by atoms with E-state index in [2.05, 4.69) is 15.3 Å². The molecule has 0 unspecified atom stereocenters. The van der Waals surface area contributed by atoms with Crippen LogP contribution in [0.3, 0.4) is 0 Å². The molecule has 0 radical (unpaired) electrons. The third-order valence-electron chi connectivity index (χ3n) is 4.46. The van der Waals surface area contributed by atoms with E-state index in [1.54, 1.807) is 6.92 Å². The molecule has 7 nitrogen and oxygen atoms in total. The van der Waals surface area contributed by atoms with Crippen molar-refractivity contribution in [1.29, 1.82) is 0 Å². The largest absolute Gasteiger partial charge is 0.481 e. The van der Waals surface area contributed by atoms with Gasteiger partial charge in [0.15, 0.2) is 6.10 Å². The van der Waals surface area contributed by atoms with Gasteiger partial charge in [0.1, 0.15) is 0 Å². The van der Waals surface area contributed by atoms with Gasteiger partial charge in [-0.1, -0.05) is 19.1 Å². The van der Waals surface area contributed by atoms with Gasteiger partial charge in [-0.05, 0) is 30.9 Å². The number of halogens is 3. The van der Waals surface area contributed by atoms with Crippen LogP contribution in [0.2, 0.25) is 0 Å². The van der Waals surface area contributed by atoms with Gasteiger partial charge in [-0.25, -0.2) is 9.97 Å². The lowest BCUT2D eigenvalue weighted by Gasteiger charge is -2.24. The molecule has 0 fully saturated rings. The number of aromatic nitrogens is 2. The number of hydrogen-bond donors (Lipinski definition) is 2. The van der Waals surface area contributed by atoms with Gasteiger partial charge in [0.05, 0.1) is 31.1 Å². The van der Waals surface area contributed by atoms with E-state index < -0.39 is 18.2 Å². The highest BCUT2D eigenvalue weighted by atomic mass is 19.4. The topological polar surface area (TPSA) is 93.6 Å². The Morgan fingerprint density at radius 1 is 1.23 bits per heavy atom. The molecular weight excluding hydrogens is 403 g/mol. The van der Waals surface area contributed by atoms with Crippen LogP contribution in [0.25, 0.3) is 0 Å². The van der Waals surface area contributed by atoms with E-state index in [1.807, 2.05) is 6.92 Å². The van der Waals surface area contributed by atoms with Crippen LogP contribution < -0.4 is 10.1 Å². The second-order valence-corrected chi connectivity index (χ2v) is 6.52. The molecule has 0 amide bonds. The molecule has 0 aliphatic heterocycles. The molecule has 0 spiro atoms. The number of hydrogen-bond acceptors (Lipinski definition) is 6. The third kappa shape index (κ3) is 6.06. The normalized spacial score (nSPS) is 13.5. The molecule has 0 bridgehead atoms. The summed E-state index contributed by atoms with van der Waals surface area (Å²) in [5, 5.41) is 12.0. The van der Waals surface area contributed by atoms with Crippen LogP contribution in [-0.2, 0) is 9.53 Å². The molecule has 0 aliphatic rings. The number of nitrogens with one attached hydrogen (secondary N) is 1. The monoisotopic (exact) mass is 427 g/mol. The summed E-state index contributed by atoms with van der Waals surface area (Å²) in [5.74, 6) is -1.33. The number of alkyl halides is 3. The van der Waals surface area contributed by atoms with Crippen molar-refractivity contribution in [3.05, 3.63) is 41.7 Å². The van der Waals surface area contributed by atoms with Crippen molar-refractivity contribution in [2.45, 2.75) is 44.9 Å². The first-order valence-electron chi connectivity index (χ1n) is 9.36. The van der Waals surface area contributed by atoms with Gasteiger partial charge < -0.3 is 19.9 Å². The van der Waals surface area contributed by atoms with E-state index in [0.29, 0.717) is 24.3 Å². The molecule has 30 heavy (non-hydrogen) atoms. The number of nitrogens with zero attached hydrogens (tertiary/aromatic N) is 2. The molecular formula is C20H24F3N3O4. The molecule has 2 rings (SSSR count). The summed E-state index contributed by atoms with van der Waals surface area (Å²) in [7, 11) is 0.981. The molecule has 2 atom stereocenters. The summed E-state index contributed by atoms with van der Waals surface area (Å²) >= 11 is 0. The zero-order valence-electron chi connectivity index (χ0n) is 16.9. The lowest BCUT2D eigenvalue weighted by Crippen LogP contribution is -2.23. The lowest BCUT2D eigenvalue weighted by atomic mass is 9.91. The predicted molar refractivity (Wildman–Crippen MR) is 104 cm³/mol. The van der Waals surface area contributed by atoms with Crippen molar-refractivity contribution >= 4 is 17.3 Å². The standard InChI is InChI=1S/C20H24F3N3O4/c1-4-12(9-17(27)28)13-6-7-15(18(29-3)20(21,22)23)16(8-13)26-14-10-24-19(25-11-14)30-5-2/h6-8,10-12,18,26H,4-5,9H2,1-3H3,(H,27,28)/t12-,18-/m0/s1. The fourth-order valence-corrected chi connectivity index (χ4v) is 3.05. The Bertz CT molecular complexity index is 844. The fourth-order valence-electron chi connectivity index (χ4n) is 3.05. The summed E-state index contributed by atoms with van der Waals surface area (Å²) in [6.45, 7) is 3.97. The Morgan fingerprint density at radius 3 is 2.40 bits per heavy atom.